The van der Waals surface area contributed by atoms with Gasteiger partial charge in [-0.2, -0.15) is 0 Å². The minimum absolute atomic E-state index is 0.149. The first-order chi connectivity index (χ1) is 10.3. The molecule has 0 aromatic heterocycles. The van der Waals surface area contributed by atoms with Crippen LogP contribution in [-0.4, -0.2) is 0 Å². The van der Waals surface area contributed by atoms with Gasteiger partial charge < -0.3 is 0 Å². The second kappa shape index (κ2) is 5.65. The van der Waals surface area contributed by atoms with Gasteiger partial charge in [0.05, 0.1) is 0 Å². The second-order valence-electron chi connectivity index (χ2n) is 9.51. The molecule has 0 amide bonds. The summed E-state index contributed by atoms with van der Waals surface area (Å²) in [5.41, 5.74) is 10.6. The molecular formula is C23H34. The lowest BCUT2D eigenvalue weighted by Crippen LogP contribution is -2.18. The number of rotatable bonds is 1. The van der Waals surface area contributed by atoms with Crippen molar-refractivity contribution in [2.75, 3.05) is 0 Å². The molecule has 23 heavy (non-hydrogen) atoms. The minimum Gasteiger partial charge on any atom is -0.0743 e. The molecule has 2 aliphatic carbocycles. The van der Waals surface area contributed by atoms with Gasteiger partial charge in [-0.15, -0.1) is 0 Å². The quantitative estimate of drug-likeness (QED) is 0.481. The number of allylic oxidation sites excluding steroid dienone is 10. The molecule has 0 N–H and O–H groups in total. The van der Waals surface area contributed by atoms with Crippen LogP contribution in [0, 0.1) is 16.7 Å². The van der Waals surface area contributed by atoms with E-state index in [9.17, 15) is 0 Å². The van der Waals surface area contributed by atoms with Gasteiger partial charge >= 0.3 is 0 Å². The largest absolute Gasteiger partial charge is 0.0743 e. The Bertz CT molecular complexity index is 667. The Morgan fingerprint density at radius 1 is 0.870 bits per heavy atom. The standard InChI is InChI=1S/C23H34/c1-14(2)20-18(17-12-15(3)11-16(17)4)13-19(22(5,6)7)21(20)23(8,9)10/h11-13,15H,1-10H3. The van der Waals surface area contributed by atoms with E-state index < -0.39 is 0 Å². The summed E-state index contributed by atoms with van der Waals surface area (Å²) < 4.78 is 0. The monoisotopic (exact) mass is 310 g/mol. The van der Waals surface area contributed by atoms with Crippen LogP contribution < -0.4 is 0 Å². The summed E-state index contributed by atoms with van der Waals surface area (Å²) in [6.45, 7) is 23.1. The molecule has 0 radical (unpaired) electrons. The van der Waals surface area contributed by atoms with Crippen molar-refractivity contribution in [1.82, 2.24) is 0 Å². The smallest absolute Gasteiger partial charge is 0.00666 e. The van der Waals surface area contributed by atoms with Gasteiger partial charge in [-0.3, -0.25) is 0 Å². The van der Waals surface area contributed by atoms with Crippen molar-refractivity contribution in [1.29, 1.82) is 0 Å². The highest BCUT2D eigenvalue weighted by atomic mass is 14.4. The zero-order chi connectivity index (χ0) is 17.7. The van der Waals surface area contributed by atoms with Crippen LogP contribution in [0.4, 0.5) is 0 Å². The van der Waals surface area contributed by atoms with E-state index in [1.165, 1.54) is 39.0 Å². The van der Waals surface area contributed by atoms with Crippen LogP contribution in [0.5, 0.6) is 0 Å². The van der Waals surface area contributed by atoms with E-state index in [1.807, 2.05) is 0 Å². The van der Waals surface area contributed by atoms with Crippen molar-refractivity contribution in [3.05, 3.63) is 57.2 Å². The molecule has 0 bridgehead atoms. The van der Waals surface area contributed by atoms with Crippen molar-refractivity contribution < 1.29 is 0 Å². The molecule has 1 atom stereocenters. The normalized spacial score (nSPS) is 22.4. The van der Waals surface area contributed by atoms with Gasteiger partial charge in [-0.25, -0.2) is 0 Å². The molecular weight excluding hydrogens is 276 g/mol. The topological polar surface area (TPSA) is 0 Å². The maximum absolute atomic E-state index is 2.48. The Hall–Kier alpha value is -1.30. The highest BCUT2D eigenvalue weighted by Crippen LogP contribution is 2.52. The third kappa shape index (κ3) is 3.32. The maximum Gasteiger partial charge on any atom is -0.00666 e. The molecule has 0 nitrogen and oxygen atoms in total. The van der Waals surface area contributed by atoms with E-state index in [0.717, 1.165) is 0 Å². The van der Waals surface area contributed by atoms with Crippen molar-refractivity contribution >= 4 is 0 Å². The Kier molecular flexibility index (Phi) is 4.43. The van der Waals surface area contributed by atoms with E-state index in [4.69, 9.17) is 0 Å². The van der Waals surface area contributed by atoms with E-state index in [1.54, 1.807) is 0 Å². The van der Waals surface area contributed by atoms with Crippen LogP contribution in [0.25, 0.3) is 0 Å². The molecule has 0 aliphatic heterocycles. The minimum atomic E-state index is 0.149. The summed E-state index contributed by atoms with van der Waals surface area (Å²) in [4.78, 5) is 0. The Balaban J connectivity index is 2.73. The predicted molar refractivity (Wildman–Crippen MR) is 103 cm³/mol. The molecule has 1 unspecified atom stereocenters. The van der Waals surface area contributed by atoms with Gasteiger partial charge in [0.1, 0.15) is 0 Å². The summed E-state index contributed by atoms with van der Waals surface area (Å²) in [5, 5.41) is 0. The highest BCUT2D eigenvalue weighted by molar-refractivity contribution is 5.73. The van der Waals surface area contributed by atoms with Crippen LogP contribution in [-0.2, 0) is 0 Å². The van der Waals surface area contributed by atoms with Gasteiger partial charge in [0.15, 0.2) is 0 Å². The van der Waals surface area contributed by atoms with Crippen molar-refractivity contribution in [3.63, 3.8) is 0 Å². The summed E-state index contributed by atoms with van der Waals surface area (Å²) in [6.07, 6.45) is 7.28. The first kappa shape index (κ1) is 18.0. The first-order valence-corrected chi connectivity index (χ1v) is 8.90. The molecule has 126 valence electrons. The average molecular weight is 311 g/mol. The third-order valence-electron chi connectivity index (χ3n) is 4.79. The predicted octanol–water partition coefficient (Wildman–Crippen LogP) is 7.17. The zero-order valence-electron chi connectivity index (χ0n) is 16.8. The lowest BCUT2D eigenvalue weighted by molar-refractivity contribution is 0.463. The van der Waals surface area contributed by atoms with Crippen molar-refractivity contribution in [2.45, 2.75) is 69.2 Å². The Labute approximate surface area is 143 Å². The fourth-order valence-electron chi connectivity index (χ4n) is 3.89. The Morgan fingerprint density at radius 2 is 1.43 bits per heavy atom. The van der Waals surface area contributed by atoms with E-state index in [-0.39, 0.29) is 10.8 Å². The molecule has 0 heteroatoms. The third-order valence-corrected chi connectivity index (χ3v) is 4.79. The van der Waals surface area contributed by atoms with E-state index in [2.05, 4.69) is 87.5 Å². The molecule has 0 heterocycles. The molecule has 0 saturated carbocycles. The van der Waals surface area contributed by atoms with Crippen LogP contribution >= 0.6 is 0 Å². The molecule has 0 spiro atoms. The van der Waals surface area contributed by atoms with Gasteiger partial charge in [0.2, 0.25) is 0 Å². The van der Waals surface area contributed by atoms with Gasteiger partial charge in [0.25, 0.3) is 0 Å². The second-order valence-corrected chi connectivity index (χ2v) is 9.51. The summed E-state index contributed by atoms with van der Waals surface area (Å²) >= 11 is 0. The SMILES string of the molecule is CC1=CC(C)C=C1C1=CC(C(C)(C)C)=C(C(C)(C)C)C1=C(C)C. The summed E-state index contributed by atoms with van der Waals surface area (Å²) in [5.74, 6) is 0.543. The number of hydrogen-bond donors (Lipinski definition) is 0. The van der Waals surface area contributed by atoms with Crippen LogP contribution in [0.3, 0.4) is 0 Å². The summed E-state index contributed by atoms with van der Waals surface area (Å²) in [7, 11) is 0. The van der Waals surface area contributed by atoms with Gasteiger partial charge in [-0.1, -0.05) is 66.2 Å². The molecule has 0 fully saturated rings. The maximum atomic E-state index is 2.48. The number of hydrogen-bond acceptors (Lipinski definition) is 0. The van der Waals surface area contributed by atoms with Crippen LogP contribution in [0.2, 0.25) is 0 Å². The van der Waals surface area contributed by atoms with Crippen molar-refractivity contribution in [2.24, 2.45) is 16.7 Å². The lowest BCUT2D eigenvalue weighted by Gasteiger charge is -2.31. The highest BCUT2D eigenvalue weighted by Gasteiger charge is 2.36. The molecule has 0 aromatic rings. The Morgan fingerprint density at radius 3 is 1.78 bits per heavy atom. The van der Waals surface area contributed by atoms with Crippen LogP contribution in [0.15, 0.2) is 57.2 Å². The molecule has 0 saturated heterocycles. The molecule has 2 rings (SSSR count). The van der Waals surface area contributed by atoms with Gasteiger partial charge in [0, 0.05) is 0 Å². The zero-order valence-corrected chi connectivity index (χ0v) is 16.8. The molecule has 0 aromatic carbocycles. The first-order valence-electron chi connectivity index (χ1n) is 8.90. The van der Waals surface area contributed by atoms with E-state index in [0.29, 0.717) is 5.92 Å². The van der Waals surface area contributed by atoms with E-state index >= 15 is 0 Å². The lowest BCUT2D eigenvalue weighted by atomic mass is 9.74. The summed E-state index contributed by atoms with van der Waals surface area (Å²) in [6, 6.07) is 0. The van der Waals surface area contributed by atoms with Gasteiger partial charge in [-0.05, 0) is 77.0 Å². The fraction of sp³-hybridized carbons (Fsp3) is 0.565. The van der Waals surface area contributed by atoms with Crippen LogP contribution in [0.1, 0.15) is 69.2 Å². The average Bonchev–Trinajstić information content (AvgIpc) is 2.87. The fourth-order valence-corrected chi connectivity index (χ4v) is 3.89. The molecule has 2 aliphatic rings. The van der Waals surface area contributed by atoms with Crippen molar-refractivity contribution in [3.8, 4) is 0 Å².